The molecular weight excluding hydrogens is 324 g/mol. The Balaban J connectivity index is 1.77. The summed E-state index contributed by atoms with van der Waals surface area (Å²) in [6.07, 6.45) is 2.93. The summed E-state index contributed by atoms with van der Waals surface area (Å²) in [4.78, 5) is 16.4. The Morgan fingerprint density at radius 3 is 2.52 bits per heavy atom. The maximum atomic E-state index is 13.3. The van der Waals surface area contributed by atoms with Crippen LogP contribution < -0.4 is 10.6 Å². The first-order valence-electron chi connectivity index (χ1n) is 7.57. The van der Waals surface area contributed by atoms with Crippen molar-refractivity contribution in [2.24, 2.45) is 0 Å². The van der Waals surface area contributed by atoms with E-state index in [2.05, 4.69) is 15.6 Å². The van der Waals surface area contributed by atoms with Crippen molar-refractivity contribution in [1.82, 2.24) is 4.98 Å². The number of carbonyl (C=O) groups excluding carboxylic acids is 1. The third-order valence-corrected chi connectivity index (χ3v) is 3.60. The summed E-state index contributed by atoms with van der Waals surface area (Å²) in [5, 5.41) is 5.71. The maximum absolute atomic E-state index is 13.3. The molecule has 0 radical (unpaired) electrons. The predicted octanol–water partition coefficient (Wildman–Crippen LogP) is 4.66. The van der Waals surface area contributed by atoms with Crippen LogP contribution in [0.1, 0.15) is 15.9 Å². The van der Waals surface area contributed by atoms with E-state index in [1.165, 1.54) is 18.5 Å². The number of rotatable bonds is 4. The zero-order chi connectivity index (χ0) is 17.8. The zero-order valence-electron chi connectivity index (χ0n) is 13.4. The normalized spacial score (nSPS) is 10.4. The summed E-state index contributed by atoms with van der Waals surface area (Å²) in [5.74, 6) is -2.18. The van der Waals surface area contributed by atoms with Gasteiger partial charge in [0.2, 0.25) is 0 Å². The molecule has 2 aromatic carbocycles. The molecule has 3 aromatic rings. The number of aryl methyl sites for hydroxylation is 1. The lowest BCUT2D eigenvalue weighted by Gasteiger charge is -2.10. The first-order chi connectivity index (χ1) is 12.0. The Morgan fingerprint density at radius 2 is 1.76 bits per heavy atom. The smallest absolute Gasteiger partial charge is 0.257 e. The number of nitrogens with one attached hydrogen (secondary N) is 2. The molecule has 0 atom stereocenters. The van der Waals surface area contributed by atoms with Crippen molar-refractivity contribution in [3.05, 3.63) is 83.7 Å². The van der Waals surface area contributed by atoms with Crippen molar-refractivity contribution < 1.29 is 13.6 Å². The molecule has 0 aliphatic carbocycles. The number of aromatic nitrogens is 1. The molecule has 0 saturated carbocycles. The van der Waals surface area contributed by atoms with Crippen LogP contribution in [0.3, 0.4) is 0 Å². The van der Waals surface area contributed by atoms with Gasteiger partial charge in [0.25, 0.3) is 5.91 Å². The number of nitrogens with zero attached hydrogens (tertiary/aromatic N) is 1. The quantitative estimate of drug-likeness (QED) is 0.727. The minimum Gasteiger partial charge on any atom is -0.354 e. The van der Waals surface area contributed by atoms with E-state index in [1.807, 2.05) is 31.2 Å². The van der Waals surface area contributed by atoms with E-state index in [4.69, 9.17) is 0 Å². The van der Waals surface area contributed by atoms with Crippen molar-refractivity contribution in [1.29, 1.82) is 0 Å². The van der Waals surface area contributed by atoms with Crippen molar-refractivity contribution >= 4 is 23.0 Å². The summed E-state index contributed by atoms with van der Waals surface area (Å²) < 4.78 is 26.3. The highest BCUT2D eigenvalue weighted by Gasteiger charge is 2.09. The summed E-state index contributed by atoms with van der Waals surface area (Å²) in [6, 6.07) is 12.5. The van der Waals surface area contributed by atoms with Gasteiger partial charge in [-0.25, -0.2) is 8.78 Å². The summed E-state index contributed by atoms with van der Waals surface area (Å²) in [5.41, 5.74) is 2.85. The van der Waals surface area contributed by atoms with Gasteiger partial charge in [-0.05, 0) is 36.8 Å². The number of para-hydroxylation sites is 1. The third-order valence-electron chi connectivity index (χ3n) is 3.60. The number of benzene rings is 2. The number of halogens is 2. The molecule has 4 nitrogen and oxygen atoms in total. The maximum Gasteiger partial charge on any atom is 0.257 e. The zero-order valence-corrected chi connectivity index (χ0v) is 13.4. The van der Waals surface area contributed by atoms with Crippen LogP contribution in [0.5, 0.6) is 0 Å². The molecule has 25 heavy (non-hydrogen) atoms. The van der Waals surface area contributed by atoms with Gasteiger partial charge in [0.15, 0.2) is 11.6 Å². The standard InChI is InChI=1S/C19H15F2N3O/c1-12-4-2-3-5-18(12)24-19(25)13-8-15(11-22-10-13)23-14-6-7-16(20)17(21)9-14/h2-11,23H,1H3,(H,24,25). The SMILES string of the molecule is Cc1ccccc1NC(=O)c1cncc(Nc2ccc(F)c(F)c2)c1. The average molecular weight is 339 g/mol. The molecule has 1 amide bonds. The molecule has 0 unspecified atom stereocenters. The minimum absolute atomic E-state index is 0.310. The second-order valence-corrected chi connectivity index (χ2v) is 5.49. The van der Waals surface area contributed by atoms with Crippen molar-refractivity contribution in [3.8, 4) is 0 Å². The van der Waals surface area contributed by atoms with Crippen LogP contribution in [0.25, 0.3) is 0 Å². The molecular formula is C19H15F2N3O. The van der Waals surface area contributed by atoms with Gasteiger partial charge in [-0.2, -0.15) is 0 Å². The van der Waals surface area contributed by atoms with Gasteiger partial charge in [0.05, 0.1) is 17.4 Å². The van der Waals surface area contributed by atoms with Crippen LogP contribution in [-0.4, -0.2) is 10.9 Å². The Labute approximate surface area is 143 Å². The summed E-state index contributed by atoms with van der Waals surface area (Å²) in [6.45, 7) is 1.90. The van der Waals surface area contributed by atoms with Crippen LogP contribution in [0, 0.1) is 18.6 Å². The lowest BCUT2D eigenvalue weighted by molar-refractivity contribution is 0.102. The molecule has 3 rings (SSSR count). The second kappa shape index (κ2) is 7.09. The molecule has 0 aliphatic heterocycles. The Morgan fingerprint density at radius 1 is 0.960 bits per heavy atom. The van der Waals surface area contributed by atoms with Gasteiger partial charge >= 0.3 is 0 Å². The van der Waals surface area contributed by atoms with Gasteiger partial charge in [0, 0.05) is 23.6 Å². The fourth-order valence-electron chi connectivity index (χ4n) is 2.28. The van der Waals surface area contributed by atoms with E-state index in [0.717, 1.165) is 17.7 Å². The molecule has 1 aromatic heterocycles. The monoisotopic (exact) mass is 339 g/mol. The molecule has 1 heterocycles. The number of pyridine rings is 1. The molecule has 0 spiro atoms. The fraction of sp³-hybridized carbons (Fsp3) is 0.0526. The highest BCUT2D eigenvalue weighted by molar-refractivity contribution is 6.05. The molecule has 126 valence electrons. The number of anilines is 3. The van der Waals surface area contributed by atoms with Gasteiger partial charge < -0.3 is 10.6 Å². The van der Waals surface area contributed by atoms with Crippen molar-refractivity contribution in [2.75, 3.05) is 10.6 Å². The van der Waals surface area contributed by atoms with E-state index < -0.39 is 11.6 Å². The van der Waals surface area contributed by atoms with Crippen LogP contribution in [0.2, 0.25) is 0 Å². The molecule has 0 bridgehead atoms. The topological polar surface area (TPSA) is 54.0 Å². The Hall–Kier alpha value is -3.28. The average Bonchev–Trinajstić information content (AvgIpc) is 2.60. The molecule has 0 saturated heterocycles. The Bertz CT molecular complexity index is 928. The lowest BCUT2D eigenvalue weighted by Crippen LogP contribution is -2.13. The third kappa shape index (κ3) is 3.98. The largest absolute Gasteiger partial charge is 0.354 e. The van der Waals surface area contributed by atoms with E-state index in [9.17, 15) is 13.6 Å². The van der Waals surface area contributed by atoms with Gasteiger partial charge in [0.1, 0.15) is 0 Å². The van der Waals surface area contributed by atoms with Gasteiger partial charge in [-0.15, -0.1) is 0 Å². The van der Waals surface area contributed by atoms with Crippen LogP contribution in [-0.2, 0) is 0 Å². The second-order valence-electron chi connectivity index (χ2n) is 5.49. The highest BCUT2D eigenvalue weighted by Crippen LogP contribution is 2.20. The van der Waals surface area contributed by atoms with E-state index in [-0.39, 0.29) is 5.91 Å². The molecule has 0 fully saturated rings. The predicted molar refractivity (Wildman–Crippen MR) is 93.0 cm³/mol. The first kappa shape index (κ1) is 16.6. The van der Waals surface area contributed by atoms with Crippen LogP contribution >= 0.6 is 0 Å². The lowest BCUT2D eigenvalue weighted by atomic mass is 10.2. The highest BCUT2D eigenvalue weighted by atomic mass is 19.2. The van der Waals surface area contributed by atoms with E-state index in [1.54, 1.807) is 6.07 Å². The molecule has 2 N–H and O–H groups in total. The van der Waals surface area contributed by atoms with Gasteiger partial charge in [-0.3, -0.25) is 9.78 Å². The number of hydrogen-bond acceptors (Lipinski definition) is 3. The van der Waals surface area contributed by atoms with Gasteiger partial charge in [-0.1, -0.05) is 18.2 Å². The fourth-order valence-corrected chi connectivity index (χ4v) is 2.28. The van der Waals surface area contributed by atoms with Crippen molar-refractivity contribution in [2.45, 2.75) is 6.92 Å². The molecule has 0 aliphatic rings. The first-order valence-corrected chi connectivity index (χ1v) is 7.57. The van der Waals surface area contributed by atoms with E-state index >= 15 is 0 Å². The Kier molecular flexibility index (Phi) is 4.70. The van der Waals surface area contributed by atoms with Crippen molar-refractivity contribution in [3.63, 3.8) is 0 Å². The number of carbonyl (C=O) groups is 1. The number of hydrogen-bond donors (Lipinski definition) is 2. The molecule has 6 heteroatoms. The summed E-state index contributed by atoms with van der Waals surface area (Å²) in [7, 11) is 0. The van der Waals surface area contributed by atoms with Crippen LogP contribution in [0.4, 0.5) is 25.8 Å². The van der Waals surface area contributed by atoms with Crippen LogP contribution in [0.15, 0.2) is 60.9 Å². The van der Waals surface area contributed by atoms with E-state index in [0.29, 0.717) is 22.6 Å². The summed E-state index contributed by atoms with van der Waals surface area (Å²) >= 11 is 0. The number of amides is 1. The minimum atomic E-state index is -0.952.